The molecule has 0 radical (unpaired) electrons. The second-order valence-electron chi connectivity index (χ2n) is 5.73. The van der Waals surface area contributed by atoms with Gasteiger partial charge in [0.25, 0.3) is 0 Å². The lowest BCUT2D eigenvalue weighted by molar-refractivity contribution is 0.554. The summed E-state index contributed by atoms with van der Waals surface area (Å²) in [5, 5.41) is 9.02. The predicted octanol–water partition coefficient (Wildman–Crippen LogP) is 4.11. The average molecular weight is 357 g/mol. The minimum Gasteiger partial charge on any atom is -0.224 e. The smallest absolute Gasteiger partial charge is 0.178 e. The molecule has 0 unspecified atom stereocenters. The predicted molar refractivity (Wildman–Crippen MR) is 91.2 cm³/mol. The first kappa shape index (κ1) is 17.1. The van der Waals surface area contributed by atoms with Gasteiger partial charge in [-0.25, -0.2) is 17.2 Å². The highest BCUT2D eigenvalue weighted by Crippen LogP contribution is 2.37. The van der Waals surface area contributed by atoms with Gasteiger partial charge in [0.05, 0.1) is 11.6 Å². The highest BCUT2D eigenvalue weighted by atomic mass is 32.2. The fourth-order valence-electron chi connectivity index (χ4n) is 2.83. The molecule has 0 fully saturated rings. The summed E-state index contributed by atoms with van der Waals surface area (Å²) < 4.78 is 51.8. The van der Waals surface area contributed by atoms with Crippen LogP contribution in [-0.4, -0.2) is 14.7 Å². The zero-order chi connectivity index (χ0) is 18.2. The van der Waals surface area contributed by atoms with E-state index in [0.29, 0.717) is 29.2 Å². The lowest BCUT2D eigenvalue weighted by Gasteiger charge is -2.11. The van der Waals surface area contributed by atoms with Crippen molar-refractivity contribution in [1.29, 1.82) is 5.26 Å². The van der Waals surface area contributed by atoms with Crippen molar-refractivity contribution in [3.05, 3.63) is 76.9 Å². The van der Waals surface area contributed by atoms with Crippen molar-refractivity contribution in [2.75, 3.05) is 6.26 Å². The molecular weight excluding hydrogens is 344 g/mol. The van der Waals surface area contributed by atoms with Crippen LogP contribution in [0.15, 0.2) is 53.4 Å². The summed E-state index contributed by atoms with van der Waals surface area (Å²) in [6, 6.07) is 10.5. The Morgan fingerprint density at radius 2 is 1.88 bits per heavy atom. The van der Waals surface area contributed by atoms with Gasteiger partial charge in [0.15, 0.2) is 9.84 Å². The fourth-order valence-corrected chi connectivity index (χ4v) is 3.56. The number of hydrogen-bond donors (Lipinski definition) is 0. The van der Waals surface area contributed by atoms with Crippen LogP contribution in [-0.2, 0) is 9.84 Å². The van der Waals surface area contributed by atoms with Gasteiger partial charge in [-0.3, -0.25) is 0 Å². The van der Waals surface area contributed by atoms with E-state index in [1.807, 2.05) is 12.1 Å². The van der Waals surface area contributed by atoms with Gasteiger partial charge >= 0.3 is 0 Å². The van der Waals surface area contributed by atoms with Gasteiger partial charge in [0.1, 0.15) is 16.5 Å². The van der Waals surface area contributed by atoms with E-state index in [4.69, 9.17) is 5.26 Å². The van der Waals surface area contributed by atoms with Crippen molar-refractivity contribution in [3.8, 4) is 6.07 Å². The molecule has 6 heteroatoms. The molecule has 0 saturated carbocycles. The third-order valence-corrected chi connectivity index (χ3v) is 5.09. The van der Waals surface area contributed by atoms with Gasteiger partial charge in [-0.2, -0.15) is 5.26 Å². The minimum absolute atomic E-state index is 0.0206. The van der Waals surface area contributed by atoms with Crippen LogP contribution in [0.2, 0.25) is 0 Å². The second-order valence-corrected chi connectivity index (χ2v) is 7.71. The van der Waals surface area contributed by atoms with Gasteiger partial charge in [-0.05, 0) is 47.4 Å². The van der Waals surface area contributed by atoms with Crippen LogP contribution in [0.4, 0.5) is 8.78 Å². The number of halogens is 2. The van der Waals surface area contributed by atoms with Gasteiger partial charge in [-0.1, -0.05) is 24.3 Å². The first-order valence-corrected chi connectivity index (χ1v) is 9.30. The zero-order valence-electron chi connectivity index (χ0n) is 13.3. The molecule has 0 heterocycles. The van der Waals surface area contributed by atoms with Gasteiger partial charge in [0.2, 0.25) is 0 Å². The number of sulfone groups is 1. The zero-order valence-corrected chi connectivity index (χ0v) is 14.1. The third kappa shape index (κ3) is 3.24. The normalized spacial score (nSPS) is 14.0. The Bertz CT molecular complexity index is 1080. The molecule has 3 rings (SSSR count). The Balaban J connectivity index is 2.18. The Hall–Kier alpha value is -2.78. The lowest BCUT2D eigenvalue weighted by Crippen LogP contribution is -2.04. The SMILES string of the molecule is CS(=O)(=O)c1cc(F)c(C2=C(c3cccc(C#N)c3)C=CC2)cc1F. The number of nitriles is 1. The van der Waals surface area contributed by atoms with Crippen molar-refractivity contribution in [3.63, 3.8) is 0 Å². The molecule has 1 aliphatic rings. The quantitative estimate of drug-likeness (QED) is 0.831. The van der Waals surface area contributed by atoms with Crippen molar-refractivity contribution in [2.24, 2.45) is 0 Å². The first-order valence-electron chi connectivity index (χ1n) is 7.41. The molecule has 0 atom stereocenters. The minimum atomic E-state index is -3.85. The maximum absolute atomic E-state index is 14.5. The Morgan fingerprint density at radius 3 is 2.56 bits per heavy atom. The van der Waals surface area contributed by atoms with E-state index in [-0.39, 0.29) is 5.56 Å². The van der Waals surface area contributed by atoms with Gasteiger partial charge in [0, 0.05) is 11.8 Å². The van der Waals surface area contributed by atoms with Gasteiger partial charge in [-0.15, -0.1) is 0 Å². The molecule has 126 valence electrons. The average Bonchev–Trinajstić information content (AvgIpc) is 3.05. The molecule has 2 aromatic rings. The van der Waals surface area contributed by atoms with Crippen molar-refractivity contribution in [2.45, 2.75) is 11.3 Å². The molecular formula is C19H13F2NO2S. The van der Waals surface area contributed by atoms with Crippen LogP contribution in [0.25, 0.3) is 11.1 Å². The summed E-state index contributed by atoms with van der Waals surface area (Å²) >= 11 is 0. The van der Waals surface area contributed by atoms with Crippen LogP contribution in [0.1, 0.15) is 23.1 Å². The summed E-state index contributed by atoms with van der Waals surface area (Å²) in [7, 11) is -3.85. The summed E-state index contributed by atoms with van der Waals surface area (Å²) in [4.78, 5) is -0.659. The van der Waals surface area contributed by atoms with E-state index >= 15 is 0 Å². The molecule has 0 aromatic heterocycles. The maximum atomic E-state index is 14.5. The summed E-state index contributed by atoms with van der Waals surface area (Å²) in [5.74, 6) is -1.78. The van der Waals surface area contributed by atoms with E-state index in [0.717, 1.165) is 17.9 Å². The van der Waals surface area contributed by atoms with Crippen LogP contribution in [0.3, 0.4) is 0 Å². The topological polar surface area (TPSA) is 57.9 Å². The fraction of sp³-hybridized carbons (Fsp3) is 0.105. The molecule has 0 amide bonds. The molecule has 0 spiro atoms. The third-order valence-electron chi connectivity index (χ3n) is 3.98. The number of hydrogen-bond acceptors (Lipinski definition) is 3. The second kappa shape index (κ2) is 6.26. The Labute approximate surface area is 144 Å². The van der Waals surface area contributed by atoms with Crippen LogP contribution >= 0.6 is 0 Å². The summed E-state index contributed by atoms with van der Waals surface area (Å²) in [5.41, 5.74) is 2.43. The van der Waals surface area contributed by atoms with E-state index in [9.17, 15) is 17.2 Å². The molecule has 1 aliphatic carbocycles. The van der Waals surface area contributed by atoms with E-state index < -0.39 is 26.4 Å². The molecule has 2 aromatic carbocycles. The Morgan fingerprint density at radius 1 is 1.12 bits per heavy atom. The van der Waals surface area contributed by atoms with Crippen LogP contribution in [0.5, 0.6) is 0 Å². The van der Waals surface area contributed by atoms with Crippen LogP contribution < -0.4 is 0 Å². The molecule has 0 bridgehead atoms. The van der Waals surface area contributed by atoms with Crippen molar-refractivity contribution >= 4 is 21.0 Å². The number of rotatable bonds is 3. The number of benzene rings is 2. The highest BCUT2D eigenvalue weighted by molar-refractivity contribution is 7.90. The maximum Gasteiger partial charge on any atom is 0.178 e. The largest absolute Gasteiger partial charge is 0.224 e. The highest BCUT2D eigenvalue weighted by Gasteiger charge is 2.22. The van der Waals surface area contributed by atoms with E-state index in [2.05, 4.69) is 0 Å². The summed E-state index contributed by atoms with van der Waals surface area (Å²) in [6.07, 6.45) is 4.82. The number of allylic oxidation sites excluding steroid dienone is 4. The molecule has 3 nitrogen and oxygen atoms in total. The first-order chi connectivity index (χ1) is 11.8. The van der Waals surface area contributed by atoms with Crippen molar-refractivity contribution in [1.82, 2.24) is 0 Å². The molecule has 25 heavy (non-hydrogen) atoms. The molecule has 0 saturated heterocycles. The van der Waals surface area contributed by atoms with E-state index in [1.54, 1.807) is 30.3 Å². The van der Waals surface area contributed by atoms with Crippen LogP contribution in [0, 0.1) is 23.0 Å². The standard InChI is InChI=1S/C19H13F2NO2S/c1-25(23,24)19-10-17(20)16(9-18(19)21)15-7-3-6-14(15)13-5-2-4-12(8-13)11-22/h2-6,8-10H,7H2,1H3. The number of nitrogens with zero attached hydrogens (tertiary/aromatic N) is 1. The lowest BCUT2D eigenvalue weighted by atomic mass is 9.95. The van der Waals surface area contributed by atoms with Crippen molar-refractivity contribution < 1.29 is 17.2 Å². The van der Waals surface area contributed by atoms with E-state index in [1.165, 1.54) is 0 Å². The van der Waals surface area contributed by atoms with Gasteiger partial charge < -0.3 is 0 Å². The monoisotopic (exact) mass is 357 g/mol. The molecule has 0 N–H and O–H groups in total. The molecule has 0 aliphatic heterocycles. The Kier molecular flexibility index (Phi) is 4.27. The summed E-state index contributed by atoms with van der Waals surface area (Å²) in [6.45, 7) is 0.